The van der Waals surface area contributed by atoms with Gasteiger partial charge < -0.3 is 20.3 Å². The summed E-state index contributed by atoms with van der Waals surface area (Å²) in [4.78, 5) is 11.9. The molecule has 0 radical (unpaired) electrons. The van der Waals surface area contributed by atoms with Gasteiger partial charge in [-0.15, -0.1) is 0 Å². The average molecular weight is 251 g/mol. The lowest BCUT2D eigenvalue weighted by molar-refractivity contribution is 0.0264. The molecule has 98 valence electrons. The molecule has 1 amide bonds. The number of aromatic hydroxyl groups is 1. The van der Waals surface area contributed by atoms with Crippen LogP contribution in [0.25, 0.3) is 0 Å². The van der Waals surface area contributed by atoms with Gasteiger partial charge in [0.05, 0.1) is 12.2 Å². The van der Waals surface area contributed by atoms with Crippen molar-refractivity contribution in [3.05, 3.63) is 29.3 Å². The van der Waals surface area contributed by atoms with Gasteiger partial charge in [0, 0.05) is 19.6 Å². The minimum absolute atomic E-state index is 0.0235. The van der Waals surface area contributed by atoms with Gasteiger partial charge in [-0.25, -0.2) is 0 Å². The highest BCUT2D eigenvalue weighted by molar-refractivity contribution is 5.97. The first-order chi connectivity index (χ1) is 8.52. The molecule has 0 aromatic heterocycles. The number of aliphatic hydroxyl groups is 1. The van der Waals surface area contributed by atoms with Crippen LogP contribution >= 0.6 is 0 Å². The van der Waals surface area contributed by atoms with Gasteiger partial charge >= 0.3 is 0 Å². The Morgan fingerprint density at radius 1 is 1.56 bits per heavy atom. The van der Waals surface area contributed by atoms with Crippen LogP contribution in [0.1, 0.15) is 22.3 Å². The monoisotopic (exact) mass is 251 g/mol. The van der Waals surface area contributed by atoms with Crippen LogP contribution in [0.2, 0.25) is 0 Å². The van der Waals surface area contributed by atoms with Crippen molar-refractivity contribution in [3.63, 3.8) is 0 Å². The summed E-state index contributed by atoms with van der Waals surface area (Å²) in [6.07, 6.45) is 0.507. The van der Waals surface area contributed by atoms with Gasteiger partial charge in [-0.05, 0) is 18.6 Å². The maximum Gasteiger partial charge on any atom is 0.255 e. The van der Waals surface area contributed by atoms with Crippen molar-refractivity contribution < 1.29 is 19.7 Å². The van der Waals surface area contributed by atoms with E-state index in [1.165, 1.54) is 0 Å². The Morgan fingerprint density at radius 3 is 3.00 bits per heavy atom. The van der Waals surface area contributed by atoms with Gasteiger partial charge in [0.2, 0.25) is 0 Å². The van der Waals surface area contributed by atoms with Crippen LogP contribution in [-0.4, -0.2) is 41.5 Å². The number of amides is 1. The van der Waals surface area contributed by atoms with Crippen LogP contribution in [0.4, 0.5) is 0 Å². The highest BCUT2D eigenvalue weighted by Gasteiger charge is 2.32. The van der Waals surface area contributed by atoms with Crippen LogP contribution < -0.4 is 5.32 Å². The summed E-state index contributed by atoms with van der Waals surface area (Å²) in [7, 11) is 0. The molecule has 0 bridgehead atoms. The molecule has 0 saturated carbocycles. The number of para-hydroxylation sites is 1. The predicted octanol–water partition coefficient (Wildman–Crippen LogP) is 0.582. The summed E-state index contributed by atoms with van der Waals surface area (Å²) in [5.74, 6) is -0.416. The van der Waals surface area contributed by atoms with Crippen LogP contribution in [-0.2, 0) is 4.74 Å². The van der Waals surface area contributed by atoms with Gasteiger partial charge in [0.1, 0.15) is 11.4 Å². The second kappa shape index (κ2) is 4.96. The molecule has 1 aliphatic rings. The Bertz CT molecular complexity index is 452. The number of nitrogens with one attached hydrogen (secondary N) is 1. The van der Waals surface area contributed by atoms with E-state index in [2.05, 4.69) is 5.32 Å². The lowest BCUT2D eigenvalue weighted by Crippen LogP contribution is -2.43. The number of hydrogen-bond acceptors (Lipinski definition) is 4. The molecule has 1 aromatic carbocycles. The molecule has 5 nitrogen and oxygen atoms in total. The summed E-state index contributed by atoms with van der Waals surface area (Å²) < 4.78 is 5.09. The highest BCUT2D eigenvalue weighted by Crippen LogP contribution is 2.22. The topological polar surface area (TPSA) is 78.8 Å². The fraction of sp³-hybridized carbons (Fsp3) is 0.462. The molecular weight excluding hydrogens is 234 g/mol. The van der Waals surface area contributed by atoms with E-state index in [1.807, 2.05) is 0 Å². The lowest BCUT2D eigenvalue weighted by atomic mass is 10.0. The van der Waals surface area contributed by atoms with Gasteiger partial charge in [0.25, 0.3) is 5.91 Å². The van der Waals surface area contributed by atoms with E-state index in [4.69, 9.17) is 4.74 Å². The minimum atomic E-state index is -0.991. The van der Waals surface area contributed by atoms with E-state index < -0.39 is 11.5 Å². The summed E-state index contributed by atoms with van der Waals surface area (Å²) in [5, 5.41) is 22.4. The first-order valence-corrected chi connectivity index (χ1v) is 5.89. The van der Waals surface area contributed by atoms with Crippen molar-refractivity contribution in [2.45, 2.75) is 18.9 Å². The van der Waals surface area contributed by atoms with Gasteiger partial charge in [0.15, 0.2) is 0 Å². The molecule has 3 N–H and O–H groups in total. The van der Waals surface area contributed by atoms with Crippen molar-refractivity contribution in [2.75, 3.05) is 19.8 Å². The zero-order valence-corrected chi connectivity index (χ0v) is 10.3. The number of carbonyl (C=O) groups excluding carboxylic acids is 1. The molecule has 1 aromatic rings. The van der Waals surface area contributed by atoms with E-state index >= 15 is 0 Å². The summed E-state index contributed by atoms with van der Waals surface area (Å²) in [5.41, 5.74) is -0.127. The zero-order valence-electron chi connectivity index (χ0n) is 10.3. The quantitative estimate of drug-likeness (QED) is 0.734. The molecule has 1 saturated heterocycles. The number of ether oxygens (including phenoxy) is 1. The van der Waals surface area contributed by atoms with E-state index in [9.17, 15) is 15.0 Å². The highest BCUT2D eigenvalue weighted by atomic mass is 16.5. The van der Waals surface area contributed by atoms with E-state index in [0.717, 1.165) is 0 Å². The standard InChI is InChI=1S/C13H17NO4/c1-9-3-2-4-10(11(9)15)12(16)14-7-13(17)5-6-18-8-13/h2-4,15,17H,5-8H2,1H3,(H,14,16). The Balaban J connectivity index is 2.01. The first kappa shape index (κ1) is 12.9. The maximum absolute atomic E-state index is 11.9. The number of benzene rings is 1. The number of aryl methyl sites for hydroxylation is 1. The number of phenols is 1. The average Bonchev–Trinajstić information content (AvgIpc) is 2.77. The maximum atomic E-state index is 11.9. The minimum Gasteiger partial charge on any atom is -0.507 e. The van der Waals surface area contributed by atoms with Gasteiger partial charge in [-0.3, -0.25) is 4.79 Å². The molecule has 1 fully saturated rings. The van der Waals surface area contributed by atoms with Crippen LogP contribution in [0, 0.1) is 6.92 Å². The molecule has 1 atom stereocenters. The largest absolute Gasteiger partial charge is 0.507 e. The summed E-state index contributed by atoms with van der Waals surface area (Å²) in [6.45, 7) is 2.58. The molecule has 0 aliphatic carbocycles. The van der Waals surface area contributed by atoms with E-state index in [0.29, 0.717) is 18.6 Å². The van der Waals surface area contributed by atoms with Crippen LogP contribution in [0.3, 0.4) is 0 Å². The van der Waals surface area contributed by atoms with Crippen molar-refractivity contribution >= 4 is 5.91 Å². The number of hydrogen-bond donors (Lipinski definition) is 3. The van der Waals surface area contributed by atoms with E-state index in [-0.39, 0.29) is 24.5 Å². The van der Waals surface area contributed by atoms with Gasteiger partial charge in [-0.2, -0.15) is 0 Å². The molecule has 1 unspecified atom stereocenters. The van der Waals surface area contributed by atoms with Crippen molar-refractivity contribution in [2.24, 2.45) is 0 Å². The van der Waals surface area contributed by atoms with Crippen LogP contribution in [0.5, 0.6) is 5.75 Å². The third-order valence-corrected chi connectivity index (χ3v) is 3.14. The fourth-order valence-electron chi connectivity index (χ4n) is 1.92. The van der Waals surface area contributed by atoms with E-state index in [1.54, 1.807) is 25.1 Å². The van der Waals surface area contributed by atoms with Crippen LogP contribution in [0.15, 0.2) is 18.2 Å². The molecule has 5 heteroatoms. The fourth-order valence-corrected chi connectivity index (χ4v) is 1.92. The summed E-state index contributed by atoms with van der Waals surface area (Å²) >= 11 is 0. The smallest absolute Gasteiger partial charge is 0.255 e. The summed E-state index contributed by atoms with van der Waals surface area (Å²) in [6, 6.07) is 4.98. The SMILES string of the molecule is Cc1cccc(C(=O)NCC2(O)CCOC2)c1O. The third kappa shape index (κ3) is 2.63. The Morgan fingerprint density at radius 2 is 2.33 bits per heavy atom. The first-order valence-electron chi connectivity index (χ1n) is 5.89. The Labute approximate surface area is 105 Å². The Hall–Kier alpha value is -1.59. The third-order valence-electron chi connectivity index (χ3n) is 3.14. The second-order valence-corrected chi connectivity index (χ2v) is 4.68. The predicted molar refractivity (Wildman–Crippen MR) is 65.6 cm³/mol. The molecule has 1 heterocycles. The number of carbonyl (C=O) groups is 1. The molecule has 1 aliphatic heterocycles. The normalized spacial score (nSPS) is 23.0. The molecule has 18 heavy (non-hydrogen) atoms. The second-order valence-electron chi connectivity index (χ2n) is 4.68. The van der Waals surface area contributed by atoms with Crippen molar-refractivity contribution in [1.82, 2.24) is 5.32 Å². The number of phenolic OH excluding ortho intramolecular Hbond substituents is 1. The van der Waals surface area contributed by atoms with Crippen molar-refractivity contribution in [1.29, 1.82) is 0 Å². The van der Waals surface area contributed by atoms with Gasteiger partial charge in [-0.1, -0.05) is 12.1 Å². The van der Waals surface area contributed by atoms with Crippen molar-refractivity contribution in [3.8, 4) is 5.75 Å². The lowest BCUT2D eigenvalue weighted by Gasteiger charge is -2.20. The zero-order chi connectivity index (χ0) is 13.2. The number of rotatable bonds is 3. The Kier molecular flexibility index (Phi) is 3.54. The molecule has 2 rings (SSSR count). The molecular formula is C13H17NO4. The molecule has 0 spiro atoms.